The fourth-order valence-corrected chi connectivity index (χ4v) is 1.03. The van der Waals surface area contributed by atoms with Gasteiger partial charge in [0.2, 0.25) is 0 Å². The molecule has 0 nitrogen and oxygen atoms in total. The zero-order chi connectivity index (χ0) is 8.31. The van der Waals surface area contributed by atoms with Gasteiger partial charge in [0.15, 0.2) is 0 Å². The summed E-state index contributed by atoms with van der Waals surface area (Å²) in [5, 5.41) is -0.333. The van der Waals surface area contributed by atoms with Crippen molar-refractivity contribution in [2.24, 2.45) is 11.8 Å². The van der Waals surface area contributed by atoms with E-state index < -0.39 is 6.17 Å². The van der Waals surface area contributed by atoms with Crippen molar-refractivity contribution in [3.8, 4) is 0 Å². The molecule has 2 unspecified atom stereocenters. The van der Waals surface area contributed by atoms with Gasteiger partial charge in [-0.15, -0.1) is 11.6 Å². The minimum atomic E-state index is -0.873. The van der Waals surface area contributed by atoms with Crippen LogP contribution in [0.3, 0.4) is 0 Å². The summed E-state index contributed by atoms with van der Waals surface area (Å²) in [6.45, 7) is 7.57. The van der Waals surface area contributed by atoms with Crippen LogP contribution in [0.5, 0.6) is 0 Å². The van der Waals surface area contributed by atoms with Crippen LogP contribution in [0.15, 0.2) is 0 Å². The predicted molar refractivity (Wildman–Crippen MR) is 44.2 cm³/mol. The Balaban J connectivity index is 3.81. The zero-order valence-electron chi connectivity index (χ0n) is 7.07. The molecular formula is C8H16ClF. The van der Waals surface area contributed by atoms with Gasteiger partial charge < -0.3 is 0 Å². The molecule has 0 saturated carbocycles. The maximum absolute atomic E-state index is 13.0. The smallest absolute Gasteiger partial charge is 0.119 e. The standard InChI is InChI=1S/C8H16ClF/c1-5(2)7(9)8(10)6(3)4/h5-8H,1-4H3. The summed E-state index contributed by atoms with van der Waals surface area (Å²) in [7, 11) is 0. The topological polar surface area (TPSA) is 0 Å². The SMILES string of the molecule is CC(C)C(F)C(Cl)C(C)C. The molecule has 0 aromatic carbocycles. The van der Waals surface area contributed by atoms with Crippen molar-refractivity contribution in [1.82, 2.24) is 0 Å². The molecule has 0 aliphatic rings. The van der Waals surface area contributed by atoms with Crippen LogP contribution in [0, 0.1) is 11.8 Å². The molecule has 0 saturated heterocycles. The number of hydrogen-bond acceptors (Lipinski definition) is 0. The fraction of sp³-hybridized carbons (Fsp3) is 1.00. The summed E-state index contributed by atoms with van der Waals surface area (Å²) in [6.07, 6.45) is -0.873. The van der Waals surface area contributed by atoms with Crippen LogP contribution < -0.4 is 0 Å². The number of hydrogen-bond donors (Lipinski definition) is 0. The van der Waals surface area contributed by atoms with Crippen LogP contribution in [0.2, 0.25) is 0 Å². The Kier molecular flexibility index (Phi) is 4.26. The average molecular weight is 167 g/mol. The molecule has 0 radical (unpaired) electrons. The zero-order valence-corrected chi connectivity index (χ0v) is 7.82. The summed E-state index contributed by atoms with van der Waals surface area (Å²) < 4.78 is 13.0. The van der Waals surface area contributed by atoms with Gasteiger partial charge in [0, 0.05) is 0 Å². The first-order valence-electron chi connectivity index (χ1n) is 3.75. The van der Waals surface area contributed by atoms with Crippen LogP contribution in [-0.2, 0) is 0 Å². The first-order valence-corrected chi connectivity index (χ1v) is 4.18. The van der Waals surface area contributed by atoms with E-state index in [1.54, 1.807) is 0 Å². The molecule has 2 atom stereocenters. The van der Waals surface area contributed by atoms with Crippen molar-refractivity contribution in [2.75, 3.05) is 0 Å². The molecule has 0 rings (SSSR count). The van der Waals surface area contributed by atoms with E-state index in [9.17, 15) is 4.39 Å². The monoisotopic (exact) mass is 166 g/mol. The van der Waals surface area contributed by atoms with E-state index in [1.165, 1.54) is 0 Å². The third-order valence-electron chi connectivity index (χ3n) is 1.58. The molecule has 62 valence electrons. The summed E-state index contributed by atoms with van der Waals surface area (Å²) in [6, 6.07) is 0. The summed E-state index contributed by atoms with van der Waals surface area (Å²) >= 11 is 5.79. The van der Waals surface area contributed by atoms with Gasteiger partial charge in [0.1, 0.15) is 6.17 Å². The van der Waals surface area contributed by atoms with E-state index in [1.807, 2.05) is 27.7 Å². The lowest BCUT2D eigenvalue weighted by molar-refractivity contribution is 0.223. The maximum atomic E-state index is 13.0. The Labute approximate surface area is 67.8 Å². The highest BCUT2D eigenvalue weighted by Crippen LogP contribution is 2.22. The molecule has 0 aromatic rings. The second-order valence-electron chi connectivity index (χ2n) is 3.38. The van der Waals surface area contributed by atoms with E-state index in [4.69, 9.17) is 11.6 Å². The Morgan fingerprint density at radius 1 is 1.00 bits per heavy atom. The lowest BCUT2D eigenvalue weighted by atomic mass is 9.98. The first-order chi connectivity index (χ1) is 4.46. The van der Waals surface area contributed by atoms with Gasteiger partial charge in [-0.2, -0.15) is 0 Å². The Morgan fingerprint density at radius 2 is 1.40 bits per heavy atom. The maximum Gasteiger partial charge on any atom is 0.119 e. The molecule has 0 aliphatic carbocycles. The summed E-state index contributed by atoms with van der Waals surface area (Å²) in [5.41, 5.74) is 0. The van der Waals surface area contributed by atoms with E-state index in [0.717, 1.165) is 0 Å². The van der Waals surface area contributed by atoms with E-state index in [0.29, 0.717) is 0 Å². The summed E-state index contributed by atoms with van der Waals surface area (Å²) in [4.78, 5) is 0. The van der Waals surface area contributed by atoms with Crippen LogP contribution in [-0.4, -0.2) is 11.5 Å². The Bertz CT molecular complexity index is 79.3. The molecule has 0 N–H and O–H groups in total. The van der Waals surface area contributed by atoms with E-state index >= 15 is 0 Å². The molecule has 0 amide bonds. The normalized spacial score (nSPS) is 18.0. The fourth-order valence-electron chi connectivity index (χ4n) is 0.735. The van der Waals surface area contributed by atoms with Gasteiger partial charge in [-0.1, -0.05) is 27.7 Å². The summed E-state index contributed by atoms with van der Waals surface area (Å²) in [5.74, 6) is 0.254. The molecule has 0 aromatic heterocycles. The number of alkyl halides is 2. The van der Waals surface area contributed by atoms with Crippen LogP contribution >= 0.6 is 11.6 Å². The van der Waals surface area contributed by atoms with Crippen molar-refractivity contribution >= 4 is 11.6 Å². The Hall–Kier alpha value is 0.220. The van der Waals surface area contributed by atoms with Gasteiger partial charge >= 0.3 is 0 Å². The molecule has 10 heavy (non-hydrogen) atoms. The van der Waals surface area contributed by atoms with Crippen molar-refractivity contribution in [3.05, 3.63) is 0 Å². The van der Waals surface area contributed by atoms with Gasteiger partial charge in [0.25, 0.3) is 0 Å². The highest BCUT2D eigenvalue weighted by molar-refractivity contribution is 6.21. The van der Waals surface area contributed by atoms with Gasteiger partial charge in [-0.05, 0) is 11.8 Å². The Morgan fingerprint density at radius 3 is 1.50 bits per heavy atom. The van der Waals surface area contributed by atoms with Crippen molar-refractivity contribution in [1.29, 1.82) is 0 Å². The van der Waals surface area contributed by atoms with Crippen LogP contribution in [0.1, 0.15) is 27.7 Å². The number of rotatable bonds is 3. The average Bonchev–Trinajstić information content (AvgIpc) is 1.84. The van der Waals surface area contributed by atoms with E-state index in [2.05, 4.69) is 0 Å². The third-order valence-corrected chi connectivity index (χ3v) is 2.32. The molecule has 0 spiro atoms. The van der Waals surface area contributed by atoms with Crippen molar-refractivity contribution in [2.45, 2.75) is 39.2 Å². The quantitative estimate of drug-likeness (QED) is 0.565. The molecular weight excluding hydrogens is 151 g/mol. The van der Waals surface area contributed by atoms with E-state index in [-0.39, 0.29) is 17.2 Å². The largest absolute Gasteiger partial charge is 0.246 e. The van der Waals surface area contributed by atoms with Gasteiger partial charge in [-0.25, -0.2) is 4.39 Å². The third kappa shape index (κ3) is 2.87. The minimum absolute atomic E-state index is 0.0323. The molecule has 0 bridgehead atoms. The lowest BCUT2D eigenvalue weighted by Gasteiger charge is -2.20. The molecule has 0 fully saturated rings. The molecule has 2 heteroatoms. The lowest BCUT2D eigenvalue weighted by Crippen LogP contribution is -2.26. The second-order valence-corrected chi connectivity index (χ2v) is 3.88. The van der Waals surface area contributed by atoms with Gasteiger partial charge in [0.05, 0.1) is 5.38 Å². The second kappa shape index (κ2) is 4.17. The van der Waals surface area contributed by atoms with Crippen LogP contribution in [0.25, 0.3) is 0 Å². The molecule has 0 aliphatic heterocycles. The predicted octanol–water partition coefficient (Wildman–Crippen LogP) is 3.24. The van der Waals surface area contributed by atoms with Crippen molar-refractivity contribution < 1.29 is 4.39 Å². The van der Waals surface area contributed by atoms with Crippen LogP contribution in [0.4, 0.5) is 4.39 Å². The van der Waals surface area contributed by atoms with Crippen molar-refractivity contribution in [3.63, 3.8) is 0 Å². The van der Waals surface area contributed by atoms with Gasteiger partial charge in [-0.3, -0.25) is 0 Å². The number of halogens is 2. The highest BCUT2D eigenvalue weighted by Gasteiger charge is 2.24. The minimum Gasteiger partial charge on any atom is -0.246 e. The molecule has 0 heterocycles. The first kappa shape index (κ1) is 10.2. The highest BCUT2D eigenvalue weighted by atomic mass is 35.5.